The lowest BCUT2D eigenvalue weighted by molar-refractivity contribution is 0.273. The van der Waals surface area contributed by atoms with E-state index in [1.165, 1.54) is 18.9 Å². The Hall–Kier alpha value is -0.513. The van der Waals surface area contributed by atoms with Crippen LogP contribution in [0.5, 0.6) is 0 Å². The minimum atomic E-state index is -1.63. The fourth-order valence-electron chi connectivity index (χ4n) is 2.87. The highest BCUT2D eigenvalue weighted by Gasteiger charge is 2.40. The van der Waals surface area contributed by atoms with Gasteiger partial charge in [-0.15, -0.1) is 0 Å². The third-order valence-corrected chi connectivity index (χ3v) is 10.00. The molecule has 0 N–H and O–H groups in total. The van der Waals surface area contributed by atoms with Crippen LogP contribution in [0, 0.1) is 0 Å². The van der Waals surface area contributed by atoms with Crippen LogP contribution in [0.1, 0.15) is 66.7 Å². The zero-order chi connectivity index (χ0) is 15.4. The highest BCUT2D eigenvalue weighted by Crippen LogP contribution is 2.38. The number of hydrogen-bond acceptors (Lipinski definition) is 2. The fraction of sp³-hybridized carbons (Fsp3) is 1.00. The maximum Gasteiger partial charge on any atom is 0.197 e. The van der Waals surface area contributed by atoms with E-state index in [4.69, 9.17) is 9.96 Å². The first-order valence-electron chi connectivity index (χ1n) is 8.16. The molecule has 118 valence electrons. The van der Waals surface area contributed by atoms with Crippen LogP contribution in [-0.4, -0.2) is 21.5 Å². The molecule has 0 aliphatic carbocycles. The summed E-state index contributed by atoms with van der Waals surface area (Å²) in [5, 5.41) is 3.56. The minimum Gasteiger partial charge on any atom is -0.416 e. The van der Waals surface area contributed by atoms with E-state index in [1.54, 1.807) is 0 Å². The molecule has 0 saturated carbocycles. The van der Waals surface area contributed by atoms with Crippen molar-refractivity contribution in [3.63, 3.8) is 0 Å². The molecule has 0 unspecified atom stereocenters. The van der Waals surface area contributed by atoms with Crippen LogP contribution < -0.4 is 0 Å². The normalized spacial score (nSPS) is 11.9. The number of unbranched alkanes of at least 4 members (excludes halogenated alkanes) is 3. The van der Waals surface area contributed by atoms with Gasteiger partial charge in [-0.1, -0.05) is 59.0 Å². The second kappa shape index (κ2) is 11.2. The van der Waals surface area contributed by atoms with Crippen molar-refractivity contribution >= 4 is 8.32 Å². The van der Waals surface area contributed by atoms with E-state index >= 15 is 0 Å². The van der Waals surface area contributed by atoms with Gasteiger partial charge in [0.2, 0.25) is 0 Å². The molecule has 0 heterocycles. The number of hydrogen-bond donors (Lipinski definition) is 0. The Kier molecular flexibility index (Phi) is 10.9. The van der Waals surface area contributed by atoms with Crippen molar-refractivity contribution in [3.8, 4) is 0 Å². The van der Waals surface area contributed by atoms with Gasteiger partial charge in [-0.3, -0.25) is 0 Å². The highest BCUT2D eigenvalue weighted by atomic mass is 28.4. The largest absolute Gasteiger partial charge is 0.416 e. The van der Waals surface area contributed by atoms with E-state index in [0.29, 0.717) is 17.6 Å². The Balaban J connectivity index is 4.24. The highest BCUT2D eigenvalue weighted by molar-refractivity contribution is 6.76. The third kappa shape index (κ3) is 6.78. The first kappa shape index (κ1) is 19.5. The minimum absolute atomic E-state index is 0.614. The summed E-state index contributed by atoms with van der Waals surface area (Å²) in [7, 11) is -1.63. The zero-order valence-electron chi connectivity index (χ0n) is 14.1. The molecule has 0 aromatic carbocycles. The summed E-state index contributed by atoms with van der Waals surface area (Å²) in [6.07, 6.45) is 5.69. The smallest absolute Gasteiger partial charge is 0.197 e. The number of azide groups is 1. The van der Waals surface area contributed by atoms with E-state index in [1.807, 2.05) is 0 Å². The van der Waals surface area contributed by atoms with E-state index in [-0.39, 0.29) is 0 Å². The first-order chi connectivity index (χ1) is 9.51. The van der Waals surface area contributed by atoms with Crippen LogP contribution in [0.3, 0.4) is 0 Å². The molecule has 0 bridgehead atoms. The van der Waals surface area contributed by atoms with E-state index in [2.05, 4.69) is 44.6 Å². The predicted octanol–water partition coefficient (Wildman–Crippen LogP) is 6.05. The summed E-state index contributed by atoms with van der Waals surface area (Å²) in [5.41, 5.74) is 9.58. The van der Waals surface area contributed by atoms with Crippen LogP contribution in [-0.2, 0) is 4.43 Å². The van der Waals surface area contributed by atoms with Crippen LogP contribution in [0.4, 0.5) is 0 Å². The molecule has 20 heavy (non-hydrogen) atoms. The van der Waals surface area contributed by atoms with Crippen LogP contribution >= 0.6 is 0 Å². The number of nitrogens with zero attached hydrogens (tertiary/aromatic N) is 3. The van der Waals surface area contributed by atoms with Gasteiger partial charge in [-0.05, 0) is 35.5 Å². The van der Waals surface area contributed by atoms with Crippen LogP contribution in [0.2, 0.25) is 17.1 Å². The molecule has 0 saturated heterocycles. The second-order valence-corrected chi connectivity index (χ2v) is 11.2. The monoisotopic (exact) mass is 299 g/mol. The Bertz CT molecular complexity index is 281. The van der Waals surface area contributed by atoms with Crippen LogP contribution in [0.15, 0.2) is 5.11 Å². The lowest BCUT2D eigenvalue weighted by atomic mass is 10.2. The molecule has 0 aliphatic rings. The molecule has 0 fully saturated rings. The van der Waals surface area contributed by atoms with Crippen molar-refractivity contribution in [2.75, 3.05) is 13.2 Å². The quantitative estimate of drug-likeness (QED) is 0.142. The van der Waals surface area contributed by atoms with Crippen molar-refractivity contribution < 1.29 is 4.43 Å². The molecule has 0 aromatic rings. The molecule has 0 rings (SSSR count). The van der Waals surface area contributed by atoms with Gasteiger partial charge in [-0.25, -0.2) is 0 Å². The average Bonchev–Trinajstić information content (AvgIpc) is 2.40. The summed E-state index contributed by atoms with van der Waals surface area (Å²) in [6.45, 7) is 13.1. The molecular weight excluding hydrogens is 266 g/mol. The first-order valence-corrected chi connectivity index (χ1v) is 10.4. The Labute approximate surface area is 126 Å². The Morgan fingerprint density at radius 3 is 2.20 bits per heavy atom. The molecular formula is C15H33N3OSi. The lowest BCUT2D eigenvalue weighted by Gasteiger charge is -2.39. The summed E-state index contributed by atoms with van der Waals surface area (Å²) < 4.78 is 6.50. The number of rotatable bonds is 12. The molecule has 0 amide bonds. The van der Waals surface area contributed by atoms with Gasteiger partial charge in [0.15, 0.2) is 8.32 Å². The molecule has 0 spiro atoms. The van der Waals surface area contributed by atoms with Gasteiger partial charge in [0, 0.05) is 18.1 Å². The van der Waals surface area contributed by atoms with Gasteiger partial charge in [0.25, 0.3) is 0 Å². The van der Waals surface area contributed by atoms with E-state index in [9.17, 15) is 0 Å². The lowest BCUT2D eigenvalue weighted by Crippen LogP contribution is -2.45. The molecule has 0 radical (unpaired) electrons. The van der Waals surface area contributed by atoms with Gasteiger partial charge in [0.05, 0.1) is 0 Å². The Morgan fingerprint density at radius 2 is 1.70 bits per heavy atom. The summed E-state index contributed by atoms with van der Waals surface area (Å²) in [6, 6.07) is 1.29. The summed E-state index contributed by atoms with van der Waals surface area (Å²) in [4.78, 5) is 2.77. The SMILES string of the molecule is CCCC[Si](OCCCCCN=[N+]=[N-])(C(C)C)C(C)C. The van der Waals surface area contributed by atoms with Gasteiger partial charge in [0.1, 0.15) is 0 Å². The van der Waals surface area contributed by atoms with Crippen molar-refractivity contribution in [1.29, 1.82) is 0 Å². The summed E-state index contributed by atoms with van der Waals surface area (Å²) in [5.74, 6) is 0. The second-order valence-electron chi connectivity index (χ2n) is 6.23. The average molecular weight is 300 g/mol. The standard InChI is InChI=1S/C15H33N3OSi/c1-6-7-13-20(14(2)3,15(4)5)19-12-10-8-9-11-17-18-16/h14-15H,6-13H2,1-5H3. The molecule has 0 atom stereocenters. The molecule has 4 nitrogen and oxygen atoms in total. The van der Waals surface area contributed by atoms with Crippen LogP contribution in [0.25, 0.3) is 10.4 Å². The summed E-state index contributed by atoms with van der Waals surface area (Å²) >= 11 is 0. The van der Waals surface area contributed by atoms with Gasteiger partial charge >= 0.3 is 0 Å². The van der Waals surface area contributed by atoms with Crippen molar-refractivity contribution in [2.24, 2.45) is 5.11 Å². The third-order valence-electron chi connectivity index (χ3n) is 4.21. The maximum absolute atomic E-state index is 8.22. The molecule has 0 aromatic heterocycles. The van der Waals surface area contributed by atoms with Gasteiger partial charge in [-0.2, -0.15) is 0 Å². The Morgan fingerprint density at radius 1 is 1.05 bits per heavy atom. The molecule has 5 heteroatoms. The van der Waals surface area contributed by atoms with Crippen molar-refractivity contribution in [3.05, 3.63) is 10.4 Å². The van der Waals surface area contributed by atoms with Crippen molar-refractivity contribution in [1.82, 2.24) is 0 Å². The fourth-order valence-corrected chi connectivity index (χ4v) is 7.60. The van der Waals surface area contributed by atoms with Gasteiger partial charge < -0.3 is 4.43 Å². The van der Waals surface area contributed by atoms with E-state index in [0.717, 1.165) is 25.9 Å². The zero-order valence-corrected chi connectivity index (χ0v) is 15.1. The molecule has 0 aliphatic heterocycles. The maximum atomic E-state index is 8.22. The predicted molar refractivity (Wildman–Crippen MR) is 89.5 cm³/mol. The van der Waals surface area contributed by atoms with E-state index < -0.39 is 8.32 Å². The van der Waals surface area contributed by atoms with Crippen molar-refractivity contribution in [2.45, 2.75) is 83.8 Å². The topological polar surface area (TPSA) is 58.0 Å².